The quantitative estimate of drug-likeness (QED) is 0.164. The largest absolute Gasteiger partial charge is 0.457 e. The maximum Gasteiger partial charge on any atom is 0.250 e. The number of aromatic nitrogens is 1. The van der Waals surface area contributed by atoms with E-state index >= 15 is 0 Å². The van der Waals surface area contributed by atoms with E-state index in [0.717, 1.165) is 11.1 Å². The Morgan fingerprint density at radius 3 is 2.49 bits per heavy atom. The van der Waals surface area contributed by atoms with E-state index in [2.05, 4.69) is 15.6 Å². The van der Waals surface area contributed by atoms with E-state index in [4.69, 9.17) is 55.9 Å². The minimum Gasteiger partial charge on any atom is -0.457 e. The Balaban J connectivity index is 1.21. The van der Waals surface area contributed by atoms with Crippen molar-refractivity contribution in [1.82, 2.24) is 10.3 Å². The van der Waals surface area contributed by atoms with Gasteiger partial charge >= 0.3 is 0 Å². The maximum absolute atomic E-state index is 12.4. The number of furan rings is 1. The number of anilines is 1. The molecular weight excluding hydrogens is 553 g/mol. The lowest BCUT2D eigenvalue weighted by Crippen LogP contribution is -2.32. The topological polar surface area (TPSA) is 80.3 Å². The molecule has 0 aliphatic carbocycles. The lowest BCUT2D eigenvalue weighted by atomic mass is 10.2. The first kappa shape index (κ1) is 25.0. The van der Waals surface area contributed by atoms with Gasteiger partial charge in [0.15, 0.2) is 10.7 Å². The van der Waals surface area contributed by atoms with E-state index in [-0.39, 0.29) is 5.11 Å². The highest BCUT2D eigenvalue weighted by Crippen LogP contribution is 2.29. The molecule has 10 heteroatoms. The molecule has 2 N–H and O–H groups in total. The second-order valence-corrected chi connectivity index (χ2v) is 9.57. The molecule has 37 heavy (non-hydrogen) atoms. The van der Waals surface area contributed by atoms with Crippen LogP contribution in [0, 0.1) is 0 Å². The van der Waals surface area contributed by atoms with Gasteiger partial charge in [0.25, 0.3) is 0 Å². The van der Waals surface area contributed by atoms with Crippen LogP contribution in [0.4, 0.5) is 5.69 Å². The summed E-state index contributed by atoms with van der Waals surface area (Å²) in [5.41, 5.74) is 3.42. The van der Waals surface area contributed by atoms with Crippen LogP contribution in [0.2, 0.25) is 15.1 Å². The lowest BCUT2D eigenvalue weighted by Gasteiger charge is -2.08. The number of nitrogens with zero attached hydrogens (tertiary/aromatic N) is 1. The molecule has 0 saturated carbocycles. The normalized spacial score (nSPS) is 11.2. The molecule has 0 bridgehead atoms. The third-order valence-corrected chi connectivity index (χ3v) is 6.00. The molecule has 3 aromatic carbocycles. The van der Waals surface area contributed by atoms with Gasteiger partial charge in [-0.15, -0.1) is 0 Å². The fourth-order valence-electron chi connectivity index (χ4n) is 3.52. The molecule has 0 fully saturated rings. The summed E-state index contributed by atoms with van der Waals surface area (Å²) < 4.78 is 11.6. The van der Waals surface area contributed by atoms with Crippen molar-refractivity contribution in [3.8, 4) is 22.8 Å². The fraction of sp³-hybridized carbons (Fsp3) is 0. The number of carbonyl (C=O) groups is 1. The summed E-state index contributed by atoms with van der Waals surface area (Å²) >= 11 is 23.4. The number of rotatable bonds is 5. The third kappa shape index (κ3) is 6.21. The molecule has 184 valence electrons. The number of oxazole rings is 1. The molecule has 2 aromatic heterocycles. The first-order chi connectivity index (χ1) is 17.8. The molecular formula is C27H16Cl3N3O3S. The molecule has 1 amide bonds. The SMILES string of the molecule is O=C(/C=C/c1ccc(-c2cc(Cl)cc(Cl)c2)o1)NC(=S)Nc1cccc(-c2nc3cc(Cl)ccc3o2)c1. The van der Waals surface area contributed by atoms with E-state index in [1.54, 1.807) is 48.5 Å². The van der Waals surface area contributed by atoms with Gasteiger partial charge in [0, 0.05) is 38.0 Å². The standard InChI is InChI=1S/C27H16Cl3N3O3S/c28-17-4-7-24-22(14-17)32-26(36-24)15-2-1-3-20(12-15)31-27(37)33-25(34)9-6-21-5-8-23(35-21)16-10-18(29)13-19(30)11-16/h1-14H,(H2,31,33,34,37)/b9-6+. The van der Waals surface area contributed by atoms with Gasteiger partial charge in [0.05, 0.1) is 0 Å². The highest BCUT2D eigenvalue weighted by molar-refractivity contribution is 7.80. The summed E-state index contributed by atoms with van der Waals surface area (Å²) in [6.45, 7) is 0. The number of carbonyl (C=O) groups excluding carboxylic acids is 1. The van der Waals surface area contributed by atoms with Crippen molar-refractivity contribution in [2.45, 2.75) is 0 Å². The summed E-state index contributed by atoms with van der Waals surface area (Å²) in [4.78, 5) is 16.8. The van der Waals surface area contributed by atoms with Crippen LogP contribution in [-0.2, 0) is 4.79 Å². The molecule has 0 aliphatic rings. The molecule has 2 heterocycles. The molecule has 0 aliphatic heterocycles. The Hall–Kier alpha value is -3.62. The van der Waals surface area contributed by atoms with E-state index < -0.39 is 5.91 Å². The number of benzene rings is 3. The summed E-state index contributed by atoms with van der Waals surface area (Å²) in [5, 5.41) is 7.30. The van der Waals surface area contributed by atoms with Crippen molar-refractivity contribution in [1.29, 1.82) is 0 Å². The first-order valence-corrected chi connectivity index (χ1v) is 12.4. The van der Waals surface area contributed by atoms with Gasteiger partial charge in [0.2, 0.25) is 11.8 Å². The van der Waals surface area contributed by atoms with Gasteiger partial charge < -0.3 is 14.2 Å². The number of thiocarbonyl (C=S) groups is 1. The van der Waals surface area contributed by atoms with Crippen LogP contribution in [-0.4, -0.2) is 16.0 Å². The van der Waals surface area contributed by atoms with Crippen LogP contribution in [0.15, 0.2) is 87.7 Å². The number of halogens is 3. The monoisotopic (exact) mass is 567 g/mol. The predicted octanol–water partition coefficient (Wildman–Crippen LogP) is 8.24. The minimum atomic E-state index is -0.423. The highest BCUT2D eigenvalue weighted by atomic mass is 35.5. The van der Waals surface area contributed by atoms with Crippen molar-refractivity contribution in [3.05, 3.63) is 99.7 Å². The Bertz CT molecular complexity index is 1660. The maximum atomic E-state index is 12.4. The fourth-order valence-corrected chi connectivity index (χ4v) is 4.43. The Labute approximate surface area is 231 Å². The zero-order chi connectivity index (χ0) is 25.9. The second-order valence-electron chi connectivity index (χ2n) is 7.85. The number of nitrogens with one attached hydrogen (secondary N) is 2. The number of hydrogen-bond donors (Lipinski definition) is 2. The zero-order valence-corrected chi connectivity index (χ0v) is 21.9. The number of hydrogen-bond acceptors (Lipinski definition) is 5. The number of amides is 1. The molecule has 0 saturated heterocycles. The zero-order valence-electron chi connectivity index (χ0n) is 18.8. The van der Waals surface area contributed by atoms with Crippen molar-refractivity contribution < 1.29 is 13.6 Å². The van der Waals surface area contributed by atoms with E-state index in [0.29, 0.717) is 49.3 Å². The summed E-state index contributed by atoms with van der Waals surface area (Å²) in [6, 6.07) is 21.2. The molecule has 5 rings (SSSR count). The summed E-state index contributed by atoms with van der Waals surface area (Å²) in [6.07, 6.45) is 2.86. The Kier molecular flexibility index (Phi) is 7.30. The van der Waals surface area contributed by atoms with E-state index in [9.17, 15) is 4.79 Å². The lowest BCUT2D eigenvalue weighted by molar-refractivity contribution is -0.115. The summed E-state index contributed by atoms with van der Waals surface area (Å²) in [7, 11) is 0. The predicted molar refractivity (Wildman–Crippen MR) is 152 cm³/mol. The minimum absolute atomic E-state index is 0.129. The van der Waals surface area contributed by atoms with Crippen LogP contribution >= 0.6 is 47.0 Å². The van der Waals surface area contributed by atoms with Crippen molar-refractivity contribution in [2.75, 3.05) is 5.32 Å². The second kappa shape index (κ2) is 10.8. The first-order valence-electron chi connectivity index (χ1n) is 10.9. The molecule has 0 radical (unpaired) electrons. The Morgan fingerprint density at radius 1 is 0.865 bits per heavy atom. The van der Waals surface area contributed by atoms with Crippen molar-refractivity contribution in [3.63, 3.8) is 0 Å². The number of fused-ring (bicyclic) bond motifs is 1. The molecule has 0 spiro atoms. The third-order valence-electron chi connectivity index (χ3n) is 5.13. The van der Waals surface area contributed by atoms with E-state index in [1.807, 2.05) is 24.3 Å². The Morgan fingerprint density at radius 2 is 1.68 bits per heavy atom. The van der Waals surface area contributed by atoms with Crippen molar-refractivity contribution >= 4 is 80.9 Å². The van der Waals surface area contributed by atoms with Gasteiger partial charge in [0.1, 0.15) is 17.0 Å². The van der Waals surface area contributed by atoms with Crippen molar-refractivity contribution in [2.24, 2.45) is 0 Å². The van der Waals surface area contributed by atoms with Gasteiger partial charge in [-0.05, 0) is 85.0 Å². The van der Waals surface area contributed by atoms with Crippen LogP contribution in [0.5, 0.6) is 0 Å². The van der Waals surface area contributed by atoms with Crippen LogP contribution in [0.1, 0.15) is 5.76 Å². The molecule has 0 atom stereocenters. The summed E-state index contributed by atoms with van der Waals surface area (Å²) in [5.74, 6) is 1.07. The van der Waals surface area contributed by atoms with Gasteiger partial charge in [-0.2, -0.15) is 0 Å². The average Bonchev–Trinajstić information content (AvgIpc) is 3.49. The molecule has 0 unspecified atom stereocenters. The van der Waals surface area contributed by atoms with Crippen LogP contribution < -0.4 is 10.6 Å². The highest BCUT2D eigenvalue weighted by Gasteiger charge is 2.11. The average molecular weight is 569 g/mol. The van der Waals surface area contributed by atoms with Gasteiger partial charge in [-0.3, -0.25) is 10.1 Å². The van der Waals surface area contributed by atoms with E-state index in [1.165, 1.54) is 12.2 Å². The van der Waals surface area contributed by atoms with Crippen LogP contribution in [0.25, 0.3) is 40.0 Å². The van der Waals surface area contributed by atoms with Gasteiger partial charge in [-0.25, -0.2) is 4.98 Å². The smallest absolute Gasteiger partial charge is 0.250 e. The van der Waals surface area contributed by atoms with Crippen LogP contribution in [0.3, 0.4) is 0 Å². The molecule has 5 aromatic rings. The molecule has 6 nitrogen and oxygen atoms in total. The van der Waals surface area contributed by atoms with Gasteiger partial charge in [-0.1, -0.05) is 40.9 Å².